The number of carbonyl (C=O) groups is 1. The molecule has 29 heavy (non-hydrogen) atoms. The Hall–Kier alpha value is -3.41. The van der Waals surface area contributed by atoms with Gasteiger partial charge in [-0.2, -0.15) is 0 Å². The Morgan fingerprint density at radius 1 is 1.00 bits per heavy atom. The molecular weight excluding hydrogens is 364 g/mol. The molecule has 0 bridgehead atoms. The van der Waals surface area contributed by atoms with E-state index >= 15 is 0 Å². The van der Waals surface area contributed by atoms with Gasteiger partial charge in [-0.05, 0) is 56.0 Å². The molecule has 1 aromatic heterocycles. The topological polar surface area (TPSA) is 76.1 Å². The van der Waals surface area contributed by atoms with Crippen molar-refractivity contribution in [1.29, 1.82) is 0 Å². The summed E-state index contributed by atoms with van der Waals surface area (Å²) in [6.07, 6.45) is 0.810. The van der Waals surface area contributed by atoms with E-state index in [-0.39, 0.29) is 5.91 Å². The maximum Gasteiger partial charge on any atom is 0.274 e. The van der Waals surface area contributed by atoms with E-state index in [9.17, 15) is 4.79 Å². The van der Waals surface area contributed by atoms with Crippen LogP contribution in [0.2, 0.25) is 0 Å². The van der Waals surface area contributed by atoms with Crippen molar-refractivity contribution >= 4 is 17.4 Å². The van der Waals surface area contributed by atoms with Gasteiger partial charge in [0.25, 0.3) is 5.91 Å². The summed E-state index contributed by atoms with van der Waals surface area (Å²) in [5.41, 5.74) is 4.35. The Labute approximate surface area is 171 Å². The summed E-state index contributed by atoms with van der Waals surface area (Å²) in [5.74, 6) is 1.77. The molecule has 1 amide bonds. The van der Waals surface area contributed by atoms with Crippen LogP contribution in [0.4, 0.5) is 11.5 Å². The fraction of sp³-hybridized carbons (Fsp3) is 0.261. The summed E-state index contributed by atoms with van der Waals surface area (Å²) in [7, 11) is 1.66. The van der Waals surface area contributed by atoms with Crippen molar-refractivity contribution in [3.05, 3.63) is 76.7 Å². The van der Waals surface area contributed by atoms with Crippen LogP contribution in [0.1, 0.15) is 33.0 Å². The van der Waals surface area contributed by atoms with Crippen molar-refractivity contribution in [2.24, 2.45) is 0 Å². The molecule has 0 aliphatic rings. The SMILES string of the molecule is COc1cccc(CCNc2cc(C(=O)Nc3c(C)cccc3C)nc(C)n2)c1. The Morgan fingerprint density at radius 2 is 1.72 bits per heavy atom. The summed E-state index contributed by atoms with van der Waals surface area (Å²) in [5, 5.41) is 6.25. The fourth-order valence-electron chi connectivity index (χ4n) is 3.13. The number of amides is 1. The highest BCUT2D eigenvalue weighted by Crippen LogP contribution is 2.20. The third kappa shape index (κ3) is 5.31. The molecule has 0 aliphatic carbocycles. The molecule has 0 saturated carbocycles. The Morgan fingerprint density at radius 3 is 2.45 bits per heavy atom. The summed E-state index contributed by atoms with van der Waals surface area (Å²) in [6, 6.07) is 15.6. The van der Waals surface area contributed by atoms with Gasteiger partial charge >= 0.3 is 0 Å². The van der Waals surface area contributed by atoms with Gasteiger partial charge in [0.05, 0.1) is 7.11 Å². The second kappa shape index (κ2) is 9.19. The molecule has 3 aromatic rings. The molecule has 0 fully saturated rings. The van der Waals surface area contributed by atoms with E-state index in [1.54, 1.807) is 20.1 Å². The number of para-hydroxylation sites is 1. The van der Waals surface area contributed by atoms with Crippen LogP contribution in [0.15, 0.2) is 48.5 Å². The number of aryl methyl sites for hydroxylation is 3. The van der Waals surface area contributed by atoms with Gasteiger partial charge in [-0.3, -0.25) is 4.79 Å². The van der Waals surface area contributed by atoms with Gasteiger partial charge in [-0.1, -0.05) is 30.3 Å². The summed E-state index contributed by atoms with van der Waals surface area (Å²) >= 11 is 0. The van der Waals surface area contributed by atoms with Crippen LogP contribution in [-0.4, -0.2) is 29.5 Å². The first-order chi connectivity index (χ1) is 14.0. The quantitative estimate of drug-likeness (QED) is 0.628. The molecule has 150 valence electrons. The lowest BCUT2D eigenvalue weighted by atomic mass is 10.1. The molecule has 6 heteroatoms. The van der Waals surface area contributed by atoms with Gasteiger partial charge in [0, 0.05) is 18.3 Å². The molecule has 0 saturated heterocycles. The van der Waals surface area contributed by atoms with Crippen LogP contribution in [0.3, 0.4) is 0 Å². The Balaban J connectivity index is 1.68. The monoisotopic (exact) mass is 390 g/mol. The molecule has 2 aromatic carbocycles. The van der Waals surface area contributed by atoms with Crippen molar-refractivity contribution in [2.45, 2.75) is 27.2 Å². The van der Waals surface area contributed by atoms with Gasteiger partial charge in [-0.15, -0.1) is 0 Å². The molecule has 1 heterocycles. The van der Waals surface area contributed by atoms with Crippen LogP contribution in [0, 0.1) is 20.8 Å². The number of aromatic nitrogens is 2. The van der Waals surface area contributed by atoms with Crippen molar-refractivity contribution in [3.8, 4) is 5.75 Å². The maximum absolute atomic E-state index is 12.7. The third-order valence-corrected chi connectivity index (χ3v) is 4.64. The highest BCUT2D eigenvalue weighted by atomic mass is 16.5. The van der Waals surface area contributed by atoms with Gasteiger partial charge in [0.1, 0.15) is 23.1 Å². The van der Waals surface area contributed by atoms with Crippen LogP contribution in [0.25, 0.3) is 0 Å². The van der Waals surface area contributed by atoms with E-state index in [0.717, 1.165) is 34.5 Å². The van der Waals surface area contributed by atoms with E-state index in [1.807, 2.05) is 50.2 Å². The fourth-order valence-corrected chi connectivity index (χ4v) is 3.13. The van der Waals surface area contributed by atoms with E-state index in [4.69, 9.17) is 4.74 Å². The lowest BCUT2D eigenvalue weighted by Gasteiger charge is -2.12. The third-order valence-electron chi connectivity index (χ3n) is 4.64. The van der Waals surface area contributed by atoms with Gasteiger partial charge < -0.3 is 15.4 Å². The normalized spacial score (nSPS) is 10.5. The molecular formula is C23H26N4O2. The predicted molar refractivity (Wildman–Crippen MR) is 116 cm³/mol. The zero-order chi connectivity index (χ0) is 20.8. The predicted octanol–water partition coefficient (Wildman–Crippen LogP) is 4.32. The smallest absolute Gasteiger partial charge is 0.274 e. The molecule has 0 aliphatic heterocycles. The van der Waals surface area contributed by atoms with Gasteiger partial charge in [-0.25, -0.2) is 9.97 Å². The summed E-state index contributed by atoms with van der Waals surface area (Å²) in [4.78, 5) is 21.4. The molecule has 2 N–H and O–H groups in total. The lowest BCUT2D eigenvalue weighted by Crippen LogP contribution is -2.17. The number of carbonyl (C=O) groups excluding carboxylic acids is 1. The molecule has 0 radical (unpaired) electrons. The highest BCUT2D eigenvalue weighted by molar-refractivity contribution is 6.04. The number of nitrogens with zero attached hydrogens (tertiary/aromatic N) is 2. The zero-order valence-corrected chi connectivity index (χ0v) is 17.2. The highest BCUT2D eigenvalue weighted by Gasteiger charge is 2.13. The molecule has 6 nitrogen and oxygen atoms in total. The molecule has 0 spiro atoms. The Kier molecular flexibility index (Phi) is 6.44. The van der Waals surface area contributed by atoms with E-state index < -0.39 is 0 Å². The number of benzene rings is 2. The van der Waals surface area contributed by atoms with E-state index in [0.29, 0.717) is 23.9 Å². The lowest BCUT2D eigenvalue weighted by molar-refractivity contribution is 0.102. The average molecular weight is 390 g/mol. The standard InChI is InChI=1S/C23H26N4O2/c1-15-7-5-8-16(2)22(15)27-23(28)20-14-21(26-17(3)25-20)24-12-11-18-9-6-10-19(13-18)29-4/h5-10,13-14H,11-12H2,1-4H3,(H,27,28)(H,24,25,26). The van der Waals surface area contributed by atoms with Crippen molar-refractivity contribution in [2.75, 3.05) is 24.3 Å². The minimum atomic E-state index is -0.247. The largest absolute Gasteiger partial charge is 0.497 e. The molecule has 0 unspecified atom stereocenters. The molecule has 0 atom stereocenters. The first-order valence-corrected chi connectivity index (χ1v) is 9.56. The van der Waals surface area contributed by atoms with Gasteiger partial charge in [0.2, 0.25) is 0 Å². The van der Waals surface area contributed by atoms with E-state index in [2.05, 4.69) is 26.7 Å². The van der Waals surface area contributed by atoms with Crippen molar-refractivity contribution < 1.29 is 9.53 Å². The van der Waals surface area contributed by atoms with Crippen molar-refractivity contribution in [3.63, 3.8) is 0 Å². The van der Waals surface area contributed by atoms with Crippen LogP contribution >= 0.6 is 0 Å². The summed E-state index contributed by atoms with van der Waals surface area (Å²) in [6.45, 7) is 6.41. The van der Waals surface area contributed by atoms with Crippen LogP contribution in [-0.2, 0) is 6.42 Å². The second-order valence-corrected chi connectivity index (χ2v) is 6.93. The number of rotatable bonds is 7. The minimum Gasteiger partial charge on any atom is -0.497 e. The average Bonchev–Trinajstić information content (AvgIpc) is 2.70. The number of ether oxygens (including phenoxy) is 1. The Bertz CT molecular complexity index is 997. The number of hydrogen-bond acceptors (Lipinski definition) is 5. The van der Waals surface area contributed by atoms with Crippen LogP contribution < -0.4 is 15.4 Å². The van der Waals surface area contributed by atoms with Crippen LogP contribution in [0.5, 0.6) is 5.75 Å². The first-order valence-electron chi connectivity index (χ1n) is 9.56. The number of methoxy groups -OCH3 is 1. The number of anilines is 2. The van der Waals surface area contributed by atoms with E-state index in [1.165, 1.54) is 0 Å². The second-order valence-electron chi connectivity index (χ2n) is 6.93. The maximum atomic E-state index is 12.7. The summed E-state index contributed by atoms with van der Waals surface area (Å²) < 4.78 is 5.26. The first kappa shape index (κ1) is 20.3. The van der Waals surface area contributed by atoms with Gasteiger partial charge in [0.15, 0.2) is 0 Å². The molecule has 3 rings (SSSR count). The zero-order valence-electron chi connectivity index (χ0n) is 17.2. The number of hydrogen-bond donors (Lipinski definition) is 2. The number of nitrogens with one attached hydrogen (secondary N) is 2. The minimum absolute atomic E-state index is 0.247. The van der Waals surface area contributed by atoms with Crippen molar-refractivity contribution in [1.82, 2.24) is 9.97 Å².